The molecule has 2 aromatic rings. The molecule has 7 heteroatoms. The molecular weight excluding hydrogens is 464 g/mol. The Labute approximate surface area is 192 Å². The van der Waals surface area contributed by atoms with Gasteiger partial charge in [-0.2, -0.15) is 0 Å². The van der Waals surface area contributed by atoms with Gasteiger partial charge in [-0.3, -0.25) is 10.1 Å². The van der Waals surface area contributed by atoms with Crippen LogP contribution in [-0.4, -0.2) is 24.2 Å². The van der Waals surface area contributed by atoms with E-state index in [1.54, 1.807) is 12.1 Å². The fourth-order valence-corrected chi connectivity index (χ4v) is 3.30. The van der Waals surface area contributed by atoms with E-state index in [1.165, 1.54) is 12.8 Å². The topological polar surface area (TPSA) is 59.6 Å². The molecule has 0 saturated heterocycles. The summed E-state index contributed by atoms with van der Waals surface area (Å²) in [6.45, 7) is 5.45. The Balaban J connectivity index is 1.97. The molecule has 0 radical (unpaired) electrons. The van der Waals surface area contributed by atoms with Crippen molar-refractivity contribution in [2.24, 2.45) is 0 Å². The number of carbonyl (C=O) groups is 1. The number of halogens is 1. The van der Waals surface area contributed by atoms with Crippen molar-refractivity contribution in [3.63, 3.8) is 0 Å². The number of hydrogen-bond acceptors (Lipinski definition) is 4. The summed E-state index contributed by atoms with van der Waals surface area (Å²) in [4.78, 5) is 12.8. The number of rotatable bonds is 11. The average Bonchev–Trinajstić information content (AvgIpc) is 2.73. The highest BCUT2D eigenvalue weighted by Crippen LogP contribution is 2.24. The number of ether oxygens (including phenoxy) is 2. The number of benzene rings is 2. The van der Waals surface area contributed by atoms with Gasteiger partial charge < -0.3 is 14.8 Å². The lowest BCUT2D eigenvalue weighted by Crippen LogP contribution is -2.34. The van der Waals surface area contributed by atoms with Crippen LogP contribution in [0.1, 0.15) is 56.3 Å². The van der Waals surface area contributed by atoms with Gasteiger partial charge in [0, 0.05) is 16.2 Å². The molecule has 0 aromatic heterocycles. The third-order valence-corrected chi connectivity index (χ3v) is 4.93. The Morgan fingerprint density at radius 1 is 1.00 bits per heavy atom. The first-order valence-electron chi connectivity index (χ1n) is 10.3. The van der Waals surface area contributed by atoms with Gasteiger partial charge in [-0.15, -0.1) is 0 Å². The van der Waals surface area contributed by atoms with Crippen molar-refractivity contribution >= 4 is 44.9 Å². The van der Waals surface area contributed by atoms with Gasteiger partial charge >= 0.3 is 0 Å². The number of anilines is 1. The van der Waals surface area contributed by atoms with Crippen LogP contribution in [0.2, 0.25) is 0 Å². The molecule has 0 aliphatic heterocycles. The molecule has 0 unspecified atom stereocenters. The third kappa shape index (κ3) is 8.32. The van der Waals surface area contributed by atoms with E-state index in [0.717, 1.165) is 35.2 Å². The number of nitrogens with one attached hydrogen (secondary N) is 2. The molecule has 0 aliphatic carbocycles. The molecule has 0 aliphatic rings. The van der Waals surface area contributed by atoms with Gasteiger partial charge in [-0.1, -0.05) is 55.1 Å². The van der Waals surface area contributed by atoms with Crippen LogP contribution in [0.15, 0.2) is 46.9 Å². The minimum atomic E-state index is -0.323. The van der Waals surface area contributed by atoms with E-state index in [-0.39, 0.29) is 11.0 Å². The van der Waals surface area contributed by atoms with Gasteiger partial charge in [0.05, 0.1) is 18.8 Å². The van der Waals surface area contributed by atoms with Crippen LogP contribution in [0.5, 0.6) is 11.5 Å². The van der Waals surface area contributed by atoms with Gasteiger partial charge in [0.25, 0.3) is 5.91 Å². The minimum Gasteiger partial charge on any atom is -0.494 e. The second-order valence-corrected chi connectivity index (χ2v) is 8.16. The minimum absolute atomic E-state index is 0.210. The second kappa shape index (κ2) is 13.2. The maximum atomic E-state index is 12.8. The molecule has 0 atom stereocenters. The summed E-state index contributed by atoms with van der Waals surface area (Å²) in [6.07, 6.45) is 5.36. The van der Waals surface area contributed by atoms with Crippen molar-refractivity contribution in [3.8, 4) is 11.5 Å². The zero-order valence-corrected chi connectivity index (χ0v) is 19.9. The maximum Gasteiger partial charge on any atom is 0.261 e. The van der Waals surface area contributed by atoms with Gasteiger partial charge in [-0.05, 0) is 55.4 Å². The van der Waals surface area contributed by atoms with E-state index in [1.807, 2.05) is 30.3 Å². The van der Waals surface area contributed by atoms with Gasteiger partial charge in [0.15, 0.2) is 5.11 Å². The van der Waals surface area contributed by atoms with Gasteiger partial charge in [0.2, 0.25) is 0 Å². The quantitative estimate of drug-likeness (QED) is 0.283. The van der Waals surface area contributed by atoms with Crippen LogP contribution in [0, 0.1) is 0 Å². The van der Waals surface area contributed by atoms with E-state index in [4.69, 9.17) is 21.7 Å². The van der Waals surface area contributed by atoms with Gasteiger partial charge in [0.1, 0.15) is 11.5 Å². The van der Waals surface area contributed by atoms with Crippen LogP contribution in [0.3, 0.4) is 0 Å². The summed E-state index contributed by atoms with van der Waals surface area (Å²) in [5.74, 6) is 0.974. The van der Waals surface area contributed by atoms with E-state index >= 15 is 0 Å². The molecule has 5 nitrogen and oxygen atoms in total. The Morgan fingerprint density at radius 3 is 2.60 bits per heavy atom. The summed E-state index contributed by atoms with van der Waals surface area (Å²) in [5, 5.41) is 5.96. The molecule has 0 bridgehead atoms. The highest BCUT2D eigenvalue weighted by Gasteiger charge is 2.15. The number of hydrogen-bond donors (Lipinski definition) is 2. The molecule has 162 valence electrons. The maximum absolute atomic E-state index is 12.8. The average molecular weight is 493 g/mol. The predicted octanol–water partition coefficient (Wildman–Crippen LogP) is 6.32. The molecule has 2 rings (SSSR count). The molecule has 1 amide bonds. The van der Waals surface area contributed by atoms with Crippen molar-refractivity contribution in [2.45, 2.75) is 46.0 Å². The first-order chi connectivity index (χ1) is 14.5. The monoisotopic (exact) mass is 492 g/mol. The Kier molecular flexibility index (Phi) is 10.7. The van der Waals surface area contributed by atoms with Crippen LogP contribution < -0.4 is 20.1 Å². The number of thiocarbonyl (C=S) groups is 1. The summed E-state index contributed by atoms with van der Waals surface area (Å²) in [6, 6.07) is 12.9. The van der Waals surface area contributed by atoms with Crippen LogP contribution >= 0.6 is 28.1 Å². The van der Waals surface area contributed by atoms with E-state index in [9.17, 15) is 4.79 Å². The smallest absolute Gasteiger partial charge is 0.261 e. The fraction of sp³-hybridized carbons (Fsp3) is 0.391. The summed E-state index contributed by atoms with van der Waals surface area (Å²) >= 11 is 8.74. The summed E-state index contributed by atoms with van der Waals surface area (Å²) in [7, 11) is 0. The zero-order chi connectivity index (χ0) is 21.8. The Hall–Kier alpha value is -2.12. The van der Waals surface area contributed by atoms with Crippen LogP contribution in [0.4, 0.5) is 5.69 Å². The predicted molar refractivity (Wildman–Crippen MR) is 130 cm³/mol. The summed E-state index contributed by atoms with van der Waals surface area (Å²) < 4.78 is 12.3. The number of amides is 1. The van der Waals surface area contributed by atoms with E-state index in [0.29, 0.717) is 24.5 Å². The normalized spacial score (nSPS) is 10.4. The van der Waals surface area contributed by atoms with Crippen molar-refractivity contribution in [1.29, 1.82) is 0 Å². The molecule has 0 spiro atoms. The highest BCUT2D eigenvalue weighted by molar-refractivity contribution is 9.10. The van der Waals surface area contributed by atoms with Crippen LogP contribution in [0.25, 0.3) is 0 Å². The molecule has 2 aromatic carbocycles. The largest absolute Gasteiger partial charge is 0.494 e. The SMILES string of the molecule is CCCCCCOc1ccc(Br)cc1C(=O)NC(=S)Nc1cccc(OCCC)c1. The van der Waals surface area contributed by atoms with Crippen molar-refractivity contribution in [1.82, 2.24) is 5.32 Å². The number of carbonyl (C=O) groups excluding carboxylic acids is 1. The Morgan fingerprint density at radius 2 is 1.83 bits per heavy atom. The zero-order valence-electron chi connectivity index (χ0n) is 17.5. The summed E-state index contributed by atoms with van der Waals surface area (Å²) in [5.41, 5.74) is 1.18. The molecule has 2 N–H and O–H groups in total. The first kappa shape index (κ1) is 24.2. The second-order valence-electron chi connectivity index (χ2n) is 6.83. The van der Waals surface area contributed by atoms with Crippen molar-refractivity contribution in [3.05, 3.63) is 52.5 Å². The molecule has 0 saturated carbocycles. The van der Waals surface area contributed by atoms with Crippen molar-refractivity contribution in [2.75, 3.05) is 18.5 Å². The van der Waals surface area contributed by atoms with Crippen molar-refractivity contribution < 1.29 is 14.3 Å². The van der Waals surface area contributed by atoms with Crippen LogP contribution in [-0.2, 0) is 0 Å². The Bertz CT molecular complexity index is 845. The molecule has 30 heavy (non-hydrogen) atoms. The molecule has 0 fully saturated rings. The third-order valence-electron chi connectivity index (χ3n) is 4.23. The number of unbranched alkanes of at least 4 members (excludes halogenated alkanes) is 3. The lowest BCUT2D eigenvalue weighted by atomic mass is 10.2. The highest BCUT2D eigenvalue weighted by atomic mass is 79.9. The fourth-order valence-electron chi connectivity index (χ4n) is 2.73. The molecule has 0 heterocycles. The van der Waals surface area contributed by atoms with E-state index < -0.39 is 0 Å². The lowest BCUT2D eigenvalue weighted by molar-refractivity contribution is 0.0973. The standard InChI is InChI=1S/C23H29BrN2O3S/c1-3-5-6-7-14-29-21-12-11-17(24)15-20(21)22(27)26-23(30)25-18-9-8-10-19(16-18)28-13-4-2/h8-12,15-16H,3-7,13-14H2,1-2H3,(H2,25,26,27,30). The van der Waals surface area contributed by atoms with E-state index in [2.05, 4.69) is 40.4 Å². The molecular formula is C23H29BrN2O3S. The van der Waals surface area contributed by atoms with Gasteiger partial charge in [-0.25, -0.2) is 0 Å². The lowest BCUT2D eigenvalue weighted by Gasteiger charge is -2.14. The first-order valence-corrected chi connectivity index (χ1v) is 11.5.